The molecule has 1 aliphatic heterocycles. The van der Waals surface area contributed by atoms with Crippen molar-refractivity contribution in [3.8, 4) is 0 Å². The topological polar surface area (TPSA) is 58.2 Å². The number of hydrogen-bond acceptors (Lipinski definition) is 3. The molecule has 0 spiro atoms. The minimum atomic E-state index is -3.43. The fourth-order valence-corrected chi connectivity index (χ4v) is 4.12. The van der Waals surface area contributed by atoms with Crippen LogP contribution in [0.5, 0.6) is 0 Å². The van der Waals surface area contributed by atoms with Gasteiger partial charge in [0.15, 0.2) is 0 Å². The summed E-state index contributed by atoms with van der Waals surface area (Å²) in [5, 5.41) is 3.24. The SMILES string of the molecule is CCc1ccccc1S(=O)(=O)NC1CNCCC1C. The first-order valence-corrected chi connectivity index (χ1v) is 8.34. The molecule has 5 heteroatoms. The number of piperidine rings is 1. The molecule has 0 aliphatic carbocycles. The zero-order valence-corrected chi connectivity index (χ0v) is 12.3. The van der Waals surface area contributed by atoms with Crippen LogP contribution in [0.3, 0.4) is 0 Å². The van der Waals surface area contributed by atoms with Crippen LogP contribution in [0.4, 0.5) is 0 Å². The molecule has 0 radical (unpaired) electrons. The maximum absolute atomic E-state index is 12.5. The van der Waals surface area contributed by atoms with Gasteiger partial charge in [-0.3, -0.25) is 0 Å². The van der Waals surface area contributed by atoms with Gasteiger partial charge in [0.1, 0.15) is 0 Å². The van der Waals surface area contributed by atoms with Gasteiger partial charge in [0.25, 0.3) is 0 Å². The molecular formula is C14H22N2O2S. The maximum atomic E-state index is 12.5. The highest BCUT2D eigenvalue weighted by Crippen LogP contribution is 2.19. The van der Waals surface area contributed by atoms with Crippen molar-refractivity contribution < 1.29 is 8.42 Å². The van der Waals surface area contributed by atoms with Gasteiger partial charge in [-0.05, 0) is 36.9 Å². The van der Waals surface area contributed by atoms with Crippen LogP contribution < -0.4 is 10.0 Å². The largest absolute Gasteiger partial charge is 0.315 e. The van der Waals surface area contributed by atoms with Crippen LogP contribution in [-0.2, 0) is 16.4 Å². The van der Waals surface area contributed by atoms with Gasteiger partial charge in [-0.25, -0.2) is 13.1 Å². The standard InChI is InChI=1S/C14H22N2O2S/c1-3-12-6-4-5-7-14(12)19(17,18)16-13-10-15-9-8-11(13)2/h4-7,11,13,15-16H,3,8-10H2,1-2H3. The second kappa shape index (κ2) is 6.03. The van der Waals surface area contributed by atoms with E-state index >= 15 is 0 Å². The van der Waals surface area contributed by atoms with Gasteiger partial charge < -0.3 is 5.32 Å². The van der Waals surface area contributed by atoms with Crippen molar-refractivity contribution in [1.82, 2.24) is 10.0 Å². The van der Waals surface area contributed by atoms with E-state index < -0.39 is 10.0 Å². The Hall–Kier alpha value is -0.910. The average molecular weight is 282 g/mol. The summed E-state index contributed by atoms with van der Waals surface area (Å²) >= 11 is 0. The summed E-state index contributed by atoms with van der Waals surface area (Å²) in [6, 6.07) is 7.18. The van der Waals surface area contributed by atoms with E-state index in [2.05, 4.69) is 17.0 Å². The summed E-state index contributed by atoms with van der Waals surface area (Å²) in [5.74, 6) is 0.366. The Morgan fingerprint density at radius 1 is 1.37 bits per heavy atom. The molecule has 0 bridgehead atoms. The molecule has 2 rings (SSSR count). The van der Waals surface area contributed by atoms with Gasteiger partial charge in [0.2, 0.25) is 10.0 Å². The lowest BCUT2D eigenvalue weighted by Gasteiger charge is -2.30. The molecule has 1 aromatic rings. The van der Waals surface area contributed by atoms with Crippen molar-refractivity contribution in [2.45, 2.75) is 37.6 Å². The Labute approximate surface area is 115 Å². The average Bonchev–Trinajstić information content (AvgIpc) is 2.41. The molecule has 0 amide bonds. The zero-order valence-electron chi connectivity index (χ0n) is 11.5. The molecule has 1 saturated heterocycles. The van der Waals surface area contributed by atoms with Gasteiger partial charge in [-0.1, -0.05) is 32.0 Å². The van der Waals surface area contributed by atoms with Gasteiger partial charge in [0.05, 0.1) is 4.90 Å². The maximum Gasteiger partial charge on any atom is 0.241 e. The van der Waals surface area contributed by atoms with Crippen molar-refractivity contribution in [3.05, 3.63) is 29.8 Å². The molecule has 2 unspecified atom stereocenters. The fraction of sp³-hybridized carbons (Fsp3) is 0.571. The Morgan fingerprint density at radius 2 is 2.11 bits per heavy atom. The first-order valence-electron chi connectivity index (χ1n) is 6.85. The first kappa shape index (κ1) is 14.5. The predicted octanol–water partition coefficient (Wildman–Crippen LogP) is 1.53. The molecule has 1 heterocycles. The molecule has 0 saturated carbocycles. The van der Waals surface area contributed by atoms with Gasteiger partial charge in [-0.2, -0.15) is 0 Å². The highest BCUT2D eigenvalue weighted by Gasteiger charge is 2.27. The highest BCUT2D eigenvalue weighted by atomic mass is 32.2. The van der Waals surface area contributed by atoms with Crippen LogP contribution >= 0.6 is 0 Å². The van der Waals surface area contributed by atoms with E-state index in [1.165, 1.54) is 0 Å². The lowest BCUT2D eigenvalue weighted by Crippen LogP contribution is -2.50. The second-order valence-electron chi connectivity index (χ2n) is 5.16. The molecule has 1 fully saturated rings. The third-order valence-corrected chi connectivity index (χ3v) is 5.37. The number of sulfonamides is 1. The number of aryl methyl sites for hydroxylation is 1. The number of benzene rings is 1. The Morgan fingerprint density at radius 3 is 2.79 bits per heavy atom. The summed E-state index contributed by atoms with van der Waals surface area (Å²) in [6.07, 6.45) is 1.72. The van der Waals surface area contributed by atoms with E-state index in [1.54, 1.807) is 12.1 Å². The molecule has 2 atom stereocenters. The monoisotopic (exact) mass is 282 g/mol. The van der Waals surface area contributed by atoms with Crippen molar-refractivity contribution in [3.63, 3.8) is 0 Å². The summed E-state index contributed by atoms with van der Waals surface area (Å²) in [4.78, 5) is 0.412. The van der Waals surface area contributed by atoms with E-state index in [4.69, 9.17) is 0 Å². The third-order valence-electron chi connectivity index (χ3n) is 3.78. The molecular weight excluding hydrogens is 260 g/mol. The summed E-state index contributed by atoms with van der Waals surface area (Å²) < 4.78 is 27.8. The van der Waals surface area contributed by atoms with Crippen LogP contribution in [0.25, 0.3) is 0 Å². The van der Waals surface area contributed by atoms with Crippen LogP contribution in [0.15, 0.2) is 29.2 Å². The van der Waals surface area contributed by atoms with Crippen LogP contribution in [0.2, 0.25) is 0 Å². The number of rotatable bonds is 4. The molecule has 0 aromatic heterocycles. The van der Waals surface area contributed by atoms with Crippen molar-refractivity contribution >= 4 is 10.0 Å². The first-order chi connectivity index (χ1) is 9.04. The molecule has 4 nitrogen and oxygen atoms in total. The Balaban J connectivity index is 2.22. The van der Waals surface area contributed by atoms with Crippen LogP contribution in [-0.4, -0.2) is 27.5 Å². The Bertz CT molecular complexity index is 528. The minimum Gasteiger partial charge on any atom is -0.315 e. The molecule has 1 aliphatic rings. The third kappa shape index (κ3) is 3.35. The van der Waals surface area contributed by atoms with Crippen molar-refractivity contribution in [2.75, 3.05) is 13.1 Å². The summed E-state index contributed by atoms with van der Waals surface area (Å²) in [6.45, 7) is 5.73. The van der Waals surface area contributed by atoms with E-state index in [0.717, 1.165) is 24.9 Å². The number of hydrogen-bond donors (Lipinski definition) is 2. The van der Waals surface area contributed by atoms with E-state index in [1.807, 2.05) is 19.1 Å². The smallest absolute Gasteiger partial charge is 0.241 e. The molecule has 106 valence electrons. The fourth-order valence-electron chi connectivity index (χ4n) is 2.47. The predicted molar refractivity (Wildman–Crippen MR) is 76.6 cm³/mol. The highest BCUT2D eigenvalue weighted by molar-refractivity contribution is 7.89. The van der Waals surface area contributed by atoms with Crippen molar-refractivity contribution in [1.29, 1.82) is 0 Å². The lowest BCUT2D eigenvalue weighted by atomic mass is 9.96. The van der Waals surface area contributed by atoms with Gasteiger partial charge in [0, 0.05) is 12.6 Å². The molecule has 2 N–H and O–H groups in total. The van der Waals surface area contributed by atoms with E-state index in [-0.39, 0.29) is 6.04 Å². The lowest BCUT2D eigenvalue weighted by molar-refractivity contribution is 0.327. The van der Waals surface area contributed by atoms with Crippen molar-refractivity contribution in [2.24, 2.45) is 5.92 Å². The quantitative estimate of drug-likeness (QED) is 0.880. The summed E-state index contributed by atoms with van der Waals surface area (Å²) in [5.41, 5.74) is 0.867. The molecule has 1 aromatic carbocycles. The summed E-state index contributed by atoms with van der Waals surface area (Å²) in [7, 11) is -3.43. The minimum absolute atomic E-state index is 0.0244. The van der Waals surface area contributed by atoms with Crippen LogP contribution in [0, 0.1) is 5.92 Å². The van der Waals surface area contributed by atoms with Gasteiger partial charge in [-0.15, -0.1) is 0 Å². The second-order valence-corrected chi connectivity index (χ2v) is 6.84. The van der Waals surface area contributed by atoms with Crippen LogP contribution in [0.1, 0.15) is 25.8 Å². The van der Waals surface area contributed by atoms with E-state index in [9.17, 15) is 8.42 Å². The normalized spacial score (nSPS) is 24.3. The number of nitrogens with one attached hydrogen (secondary N) is 2. The molecule has 19 heavy (non-hydrogen) atoms. The zero-order chi connectivity index (χ0) is 13.9. The Kier molecular flexibility index (Phi) is 4.60. The van der Waals surface area contributed by atoms with E-state index in [0.29, 0.717) is 17.4 Å². The van der Waals surface area contributed by atoms with Gasteiger partial charge >= 0.3 is 0 Å².